The molecule has 0 aliphatic carbocycles. The average Bonchev–Trinajstić information content (AvgIpc) is 2.37. The molecule has 1 amide bonds. The Kier molecular flexibility index (Phi) is 4.06. The van der Waals surface area contributed by atoms with Crippen molar-refractivity contribution in [1.82, 2.24) is 0 Å². The van der Waals surface area contributed by atoms with Crippen LogP contribution in [0.25, 0.3) is 0 Å². The number of nitrogens with one attached hydrogen (secondary N) is 1. The van der Waals surface area contributed by atoms with Gasteiger partial charge >= 0.3 is 0 Å². The van der Waals surface area contributed by atoms with Gasteiger partial charge in [0.05, 0.1) is 6.42 Å². The van der Waals surface area contributed by atoms with Gasteiger partial charge in [0.2, 0.25) is 5.91 Å². The summed E-state index contributed by atoms with van der Waals surface area (Å²) in [5, 5.41) is 12.4. The van der Waals surface area contributed by atoms with Crippen molar-refractivity contribution in [3.05, 3.63) is 52.5 Å². The molecule has 0 saturated heterocycles. The fraction of sp³-hybridized carbons (Fsp3) is 0.0714. The number of rotatable bonds is 3. The molecule has 0 heterocycles. The monoisotopic (exact) mass is 320 g/mol. The molecule has 0 atom stereocenters. The van der Waals surface area contributed by atoms with Crippen molar-refractivity contribution in [2.45, 2.75) is 6.42 Å². The van der Waals surface area contributed by atoms with Crippen molar-refractivity contribution in [2.75, 3.05) is 11.1 Å². The zero-order chi connectivity index (χ0) is 13.8. The zero-order valence-electron chi connectivity index (χ0n) is 10.1. The molecule has 4 N–H and O–H groups in total. The van der Waals surface area contributed by atoms with Crippen molar-refractivity contribution in [2.24, 2.45) is 0 Å². The number of aromatic hydroxyl groups is 1. The molecule has 2 aromatic rings. The third-order valence-electron chi connectivity index (χ3n) is 2.63. The second-order valence-corrected chi connectivity index (χ2v) is 4.94. The molecule has 0 aliphatic rings. The summed E-state index contributed by atoms with van der Waals surface area (Å²) >= 11 is 3.30. The Morgan fingerprint density at radius 2 is 2.00 bits per heavy atom. The third-order valence-corrected chi connectivity index (χ3v) is 3.31. The maximum Gasteiger partial charge on any atom is 0.228 e. The molecular formula is C14H13BrN2O2. The smallest absolute Gasteiger partial charge is 0.228 e. The first-order valence-corrected chi connectivity index (χ1v) is 6.47. The van der Waals surface area contributed by atoms with Gasteiger partial charge in [-0.1, -0.05) is 18.2 Å². The molecule has 0 saturated carbocycles. The van der Waals surface area contributed by atoms with Crippen LogP contribution in [-0.4, -0.2) is 11.0 Å². The van der Waals surface area contributed by atoms with Crippen molar-refractivity contribution >= 4 is 33.2 Å². The molecule has 4 nitrogen and oxygen atoms in total. The Hall–Kier alpha value is -2.01. The molecule has 19 heavy (non-hydrogen) atoms. The van der Waals surface area contributed by atoms with Crippen LogP contribution in [0.1, 0.15) is 5.56 Å². The zero-order valence-corrected chi connectivity index (χ0v) is 11.6. The quantitative estimate of drug-likeness (QED) is 0.761. The van der Waals surface area contributed by atoms with Gasteiger partial charge in [0.25, 0.3) is 0 Å². The number of amides is 1. The largest absolute Gasteiger partial charge is 0.508 e. The Labute approximate surface area is 119 Å². The predicted octanol–water partition coefficient (Wildman–Crippen LogP) is 2.92. The molecule has 0 unspecified atom stereocenters. The fourth-order valence-electron chi connectivity index (χ4n) is 1.64. The number of nitrogens with two attached hydrogens (primary N) is 1. The summed E-state index contributed by atoms with van der Waals surface area (Å²) in [5.41, 5.74) is 7.53. The number of halogens is 1. The molecule has 0 aliphatic heterocycles. The van der Waals surface area contributed by atoms with E-state index in [2.05, 4.69) is 21.2 Å². The van der Waals surface area contributed by atoms with E-state index in [9.17, 15) is 9.90 Å². The minimum Gasteiger partial charge on any atom is -0.508 e. The van der Waals surface area contributed by atoms with Crippen LogP contribution < -0.4 is 11.1 Å². The van der Waals surface area contributed by atoms with E-state index in [1.165, 1.54) is 0 Å². The van der Waals surface area contributed by atoms with Crippen LogP contribution in [0.15, 0.2) is 46.9 Å². The van der Waals surface area contributed by atoms with Gasteiger partial charge in [-0.05, 0) is 40.2 Å². The number of benzene rings is 2. The van der Waals surface area contributed by atoms with Crippen molar-refractivity contribution in [1.29, 1.82) is 0 Å². The lowest BCUT2D eigenvalue weighted by molar-refractivity contribution is -0.115. The highest BCUT2D eigenvalue weighted by Crippen LogP contribution is 2.23. The van der Waals surface area contributed by atoms with E-state index in [-0.39, 0.29) is 18.1 Å². The highest BCUT2D eigenvalue weighted by Gasteiger charge is 2.08. The van der Waals surface area contributed by atoms with Gasteiger partial charge in [-0.3, -0.25) is 4.79 Å². The summed E-state index contributed by atoms with van der Waals surface area (Å²) in [6.45, 7) is 0. The van der Waals surface area contributed by atoms with Crippen molar-refractivity contribution in [3.8, 4) is 5.75 Å². The van der Waals surface area contributed by atoms with E-state index < -0.39 is 0 Å². The minimum atomic E-state index is -0.196. The predicted molar refractivity (Wildman–Crippen MR) is 79.0 cm³/mol. The first-order chi connectivity index (χ1) is 9.06. The van der Waals surface area contributed by atoms with Gasteiger partial charge in [0, 0.05) is 21.4 Å². The SMILES string of the molecule is Nc1ccc(NC(=O)Cc2ccccc2O)cc1Br. The molecule has 0 aromatic heterocycles. The second kappa shape index (κ2) is 5.75. The molecule has 0 radical (unpaired) electrons. The summed E-state index contributed by atoms with van der Waals surface area (Å²) in [5.74, 6) is -0.0747. The Balaban J connectivity index is 2.05. The Morgan fingerprint density at radius 1 is 1.26 bits per heavy atom. The highest BCUT2D eigenvalue weighted by atomic mass is 79.9. The number of carbonyl (C=O) groups excluding carboxylic acids is 1. The van der Waals surface area contributed by atoms with Gasteiger partial charge < -0.3 is 16.2 Å². The number of carbonyl (C=O) groups is 1. The number of hydrogen-bond donors (Lipinski definition) is 3. The molecule has 98 valence electrons. The standard InChI is InChI=1S/C14H13BrN2O2/c15-11-8-10(5-6-12(11)16)17-14(19)7-9-3-1-2-4-13(9)18/h1-6,8,18H,7,16H2,(H,17,19). The highest BCUT2D eigenvalue weighted by molar-refractivity contribution is 9.10. The van der Waals surface area contributed by atoms with Crippen LogP contribution >= 0.6 is 15.9 Å². The molecular weight excluding hydrogens is 308 g/mol. The van der Waals surface area contributed by atoms with Crippen LogP contribution in [0.4, 0.5) is 11.4 Å². The number of nitrogen functional groups attached to an aromatic ring is 1. The van der Waals surface area contributed by atoms with E-state index in [0.717, 1.165) is 4.47 Å². The molecule has 5 heteroatoms. The van der Waals surface area contributed by atoms with E-state index in [1.54, 1.807) is 42.5 Å². The third kappa shape index (κ3) is 3.48. The summed E-state index contributed by atoms with van der Waals surface area (Å²) in [6.07, 6.45) is 0.120. The number of phenols is 1. The van der Waals surface area contributed by atoms with E-state index in [0.29, 0.717) is 16.9 Å². The number of phenolic OH excluding ortho intramolecular Hbond substituents is 1. The van der Waals surface area contributed by atoms with Crippen molar-refractivity contribution in [3.63, 3.8) is 0 Å². The Bertz CT molecular complexity index is 614. The maximum atomic E-state index is 11.9. The van der Waals surface area contributed by atoms with Crippen LogP contribution in [0.2, 0.25) is 0 Å². The van der Waals surface area contributed by atoms with Gasteiger partial charge in [0.1, 0.15) is 5.75 Å². The number of anilines is 2. The van der Waals surface area contributed by atoms with Crippen molar-refractivity contribution < 1.29 is 9.90 Å². The summed E-state index contributed by atoms with van der Waals surface area (Å²) in [7, 11) is 0. The van der Waals surface area contributed by atoms with Gasteiger partial charge in [-0.2, -0.15) is 0 Å². The number of hydrogen-bond acceptors (Lipinski definition) is 3. The fourth-order valence-corrected chi connectivity index (χ4v) is 2.02. The first kappa shape index (κ1) is 13.4. The first-order valence-electron chi connectivity index (χ1n) is 5.68. The average molecular weight is 321 g/mol. The topological polar surface area (TPSA) is 75.3 Å². The molecule has 0 bridgehead atoms. The normalized spacial score (nSPS) is 10.2. The van der Waals surface area contributed by atoms with Crippen LogP contribution in [-0.2, 0) is 11.2 Å². The van der Waals surface area contributed by atoms with Crippen LogP contribution in [0, 0.1) is 0 Å². The second-order valence-electron chi connectivity index (χ2n) is 4.09. The van der Waals surface area contributed by atoms with Crippen LogP contribution in [0.3, 0.4) is 0 Å². The molecule has 2 rings (SSSR count). The summed E-state index contributed by atoms with van der Waals surface area (Å²) in [4.78, 5) is 11.9. The minimum absolute atomic E-state index is 0.120. The number of para-hydroxylation sites is 1. The van der Waals surface area contributed by atoms with Gasteiger partial charge in [-0.25, -0.2) is 0 Å². The van der Waals surface area contributed by atoms with E-state index >= 15 is 0 Å². The van der Waals surface area contributed by atoms with E-state index in [4.69, 9.17) is 5.73 Å². The molecule has 0 spiro atoms. The van der Waals surface area contributed by atoms with Crippen LogP contribution in [0.5, 0.6) is 5.75 Å². The Morgan fingerprint density at radius 3 is 2.68 bits per heavy atom. The van der Waals surface area contributed by atoms with Gasteiger partial charge in [-0.15, -0.1) is 0 Å². The van der Waals surface area contributed by atoms with Gasteiger partial charge in [0.15, 0.2) is 0 Å². The summed E-state index contributed by atoms with van der Waals surface area (Å²) in [6, 6.07) is 11.9. The lowest BCUT2D eigenvalue weighted by Crippen LogP contribution is -2.14. The molecule has 2 aromatic carbocycles. The summed E-state index contributed by atoms with van der Waals surface area (Å²) < 4.78 is 0.729. The van der Waals surface area contributed by atoms with E-state index in [1.807, 2.05) is 0 Å². The maximum absolute atomic E-state index is 11.9. The lowest BCUT2D eigenvalue weighted by Gasteiger charge is -2.08. The lowest BCUT2D eigenvalue weighted by atomic mass is 10.1. The molecule has 0 fully saturated rings.